The Bertz CT molecular complexity index is 957. The maximum absolute atomic E-state index is 12.1. The number of aromatic amines is 1. The molecule has 0 bridgehead atoms. The number of carbonyl (C=O) groups is 3. The van der Waals surface area contributed by atoms with Gasteiger partial charge in [0.05, 0.1) is 6.42 Å². The Kier molecular flexibility index (Phi) is 5.12. The van der Waals surface area contributed by atoms with Crippen molar-refractivity contribution in [1.29, 1.82) is 0 Å². The fourth-order valence-electron chi connectivity index (χ4n) is 2.66. The minimum Gasteiger partial charge on any atom is -0.457 e. The molecule has 0 saturated carbocycles. The van der Waals surface area contributed by atoms with Crippen molar-refractivity contribution in [1.82, 2.24) is 4.98 Å². The zero-order valence-corrected chi connectivity index (χ0v) is 14.2. The van der Waals surface area contributed by atoms with Crippen molar-refractivity contribution in [3.63, 3.8) is 0 Å². The fraction of sp³-hybridized carbons (Fsp3) is 0.150. The van der Waals surface area contributed by atoms with Gasteiger partial charge < -0.3 is 15.0 Å². The number of fused-ring (bicyclic) bond motifs is 1. The van der Waals surface area contributed by atoms with E-state index in [4.69, 9.17) is 4.74 Å². The van der Waals surface area contributed by atoms with Crippen LogP contribution in [-0.4, -0.2) is 29.3 Å². The van der Waals surface area contributed by atoms with E-state index in [0.29, 0.717) is 11.3 Å². The fourth-order valence-corrected chi connectivity index (χ4v) is 2.66. The summed E-state index contributed by atoms with van der Waals surface area (Å²) in [7, 11) is 0. The summed E-state index contributed by atoms with van der Waals surface area (Å²) in [4.78, 5) is 38.2. The molecule has 26 heavy (non-hydrogen) atoms. The number of Topliss-reactive ketones (excluding diaryl/α,β-unsaturated/α-hetero) is 1. The highest BCUT2D eigenvalue weighted by molar-refractivity contribution is 5.99. The first-order valence-electron chi connectivity index (χ1n) is 8.14. The molecule has 2 N–H and O–H groups in total. The lowest BCUT2D eigenvalue weighted by Crippen LogP contribution is -2.15. The quantitative estimate of drug-likeness (QED) is 0.528. The van der Waals surface area contributed by atoms with Crippen LogP contribution < -0.4 is 5.32 Å². The van der Waals surface area contributed by atoms with Gasteiger partial charge in [-0.05, 0) is 35.9 Å². The molecule has 0 aliphatic rings. The van der Waals surface area contributed by atoms with E-state index in [9.17, 15) is 14.4 Å². The number of nitrogens with one attached hydrogen (secondary N) is 2. The first-order chi connectivity index (χ1) is 12.5. The molecule has 6 nitrogen and oxygen atoms in total. The number of rotatable bonds is 6. The highest BCUT2D eigenvalue weighted by atomic mass is 16.5. The molecule has 0 spiro atoms. The van der Waals surface area contributed by atoms with Crippen LogP contribution in [0.5, 0.6) is 0 Å². The zero-order valence-electron chi connectivity index (χ0n) is 14.2. The third-order valence-electron chi connectivity index (χ3n) is 3.90. The standard InChI is InChI=1S/C20H18N2O4/c1-13(23)22-16-8-6-14(7-9-16)19(24)12-26-20(25)10-15-11-21-18-5-3-2-4-17(15)18/h2-9,11,21H,10,12H2,1H3,(H,22,23). The van der Waals surface area contributed by atoms with Gasteiger partial charge in [-0.3, -0.25) is 14.4 Å². The number of hydrogen-bond acceptors (Lipinski definition) is 4. The second kappa shape index (κ2) is 7.65. The Balaban J connectivity index is 1.55. The van der Waals surface area contributed by atoms with Crippen LogP contribution in [-0.2, 0) is 20.7 Å². The van der Waals surface area contributed by atoms with Gasteiger partial charge in [-0.1, -0.05) is 18.2 Å². The topological polar surface area (TPSA) is 88.3 Å². The van der Waals surface area contributed by atoms with Gasteiger partial charge in [-0.15, -0.1) is 0 Å². The number of carbonyl (C=O) groups excluding carboxylic acids is 3. The van der Waals surface area contributed by atoms with E-state index in [1.54, 1.807) is 30.5 Å². The molecule has 132 valence electrons. The average Bonchev–Trinajstić information content (AvgIpc) is 3.03. The summed E-state index contributed by atoms with van der Waals surface area (Å²) >= 11 is 0. The molecule has 1 amide bonds. The minimum absolute atomic E-state index is 0.0960. The molecular formula is C20H18N2O4. The predicted molar refractivity (Wildman–Crippen MR) is 98.0 cm³/mol. The smallest absolute Gasteiger partial charge is 0.310 e. The third kappa shape index (κ3) is 4.16. The first-order valence-corrected chi connectivity index (χ1v) is 8.14. The summed E-state index contributed by atoms with van der Waals surface area (Å²) in [6.45, 7) is 1.09. The zero-order chi connectivity index (χ0) is 18.5. The summed E-state index contributed by atoms with van der Waals surface area (Å²) < 4.78 is 5.10. The van der Waals surface area contributed by atoms with E-state index in [-0.39, 0.29) is 24.7 Å². The van der Waals surface area contributed by atoms with Crippen molar-refractivity contribution < 1.29 is 19.1 Å². The average molecular weight is 350 g/mol. The van der Waals surface area contributed by atoms with Crippen molar-refractivity contribution in [2.45, 2.75) is 13.3 Å². The summed E-state index contributed by atoms with van der Waals surface area (Å²) in [6, 6.07) is 14.1. The predicted octanol–water partition coefficient (Wildman–Crippen LogP) is 3.09. The van der Waals surface area contributed by atoms with Crippen LogP contribution in [0.3, 0.4) is 0 Å². The number of ether oxygens (including phenoxy) is 1. The van der Waals surface area contributed by atoms with Gasteiger partial charge in [0, 0.05) is 35.3 Å². The normalized spacial score (nSPS) is 10.5. The van der Waals surface area contributed by atoms with Crippen molar-refractivity contribution >= 4 is 34.3 Å². The maximum atomic E-state index is 12.1. The molecule has 0 fully saturated rings. The minimum atomic E-state index is -0.460. The Labute approximate surface area is 150 Å². The van der Waals surface area contributed by atoms with Gasteiger partial charge in [0.1, 0.15) is 0 Å². The van der Waals surface area contributed by atoms with Crippen molar-refractivity contribution in [3.05, 3.63) is 65.9 Å². The molecule has 0 aliphatic heterocycles. The molecule has 2 aromatic carbocycles. The van der Waals surface area contributed by atoms with Gasteiger partial charge in [-0.25, -0.2) is 0 Å². The van der Waals surface area contributed by atoms with Crippen molar-refractivity contribution in [3.8, 4) is 0 Å². The van der Waals surface area contributed by atoms with Crippen LogP contribution in [0, 0.1) is 0 Å². The highest BCUT2D eigenvalue weighted by Crippen LogP contribution is 2.18. The lowest BCUT2D eigenvalue weighted by Gasteiger charge is -2.06. The highest BCUT2D eigenvalue weighted by Gasteiger charge is 2.13. The molecule has 0 aliphatic carbocycles. The summed E-state index contributed by atoms with van der Waals surface area (Å²) in [5.74, 6) is -0.945. The molecule has 0 unspecified atom stereocenters. The number of H-pyrrole nitrogens is 1. The molecule has 3 rings (SSSR count). The molecule has 0 radical (unpaired) electrons. The Morgan fingerprint density at radius 1 is 1.04 bits per heavy atom. The van der Waals surface area contributed by atoms with E-state index in [1.807, 2.05) is 24.3 Å². The second-order valence-corrected chi connectivity index (χ2v) is 5.88. The van der Waals surface area contributed by atoms with Crippen LogP contribution in [0.25, 0.3) is 10.9 Å². The number of para-hydroxylation sites is 1. The Morgan fingerprint density at radius 2 is 1.77 bits per heavy atom. The number of anilines is 1. The largest absolute Gasteiger partial charge is 0.457 e. The number of ketones is 1. The van der Waals surface area contributed by atoms with Gasteiger partial charge in [0.15, 0.2) is 12.4 Å². The number of hydrogen-bond donors (Lipinski definition) is 2. The lowest BCUT2D eigenvalue weighted by molar-refractivity contribution is -0.141. The maximum Gasteiger partial charge on any atom is 0.310 e. The van der Waals surface area contributed by atoms with E-state index in [2.05, 4.69) is 10.3 Å². The molecule has 3 aromatic rings. The van der Waals surface area contributed by atoms with Gasteiger partial charge in [0.25, 0.3) is 0 Å². The van der Waals surface area contributed by atoms with Gasteiger partial charge in [-0.2, -0.15) is 0 Å². The second-order valence-electron chi connectivity index (χ2n) is 5.88. The van der Waals surface area contributed by atoms with Crippen LogP contribution in [0.2, 0.25) is 0 Å². The molecule has 0 atom stereocenters. The van der Waals surface area contributed by atoms with Crippen LogP contribution in [0.15, 0.2) is 54.7 Å². The summed E-state index contributed by atoms with van der Waals surface area (Å²) in [5, 5.41) is 3.58. The molecular weight excluding hydrogens is 332 g/mol. The van der Waals surface area contributed by atoms with Crippen molar-refractivity contribution in [2.24, 2.45) is 0 Å². The Hall–Kier alpha value is -3.41. The summed E-state index contributed by atoms with van der Waals surface area (Å²) in [5.41, 5.74) is 2.80. The molecule has 1 heterocycles. The molecule has 6 heteroatoms. The molecule has 0 saturated heterocycles. The molecule has 1 aromatic heterocycles. The number of benzene rings is 2. The van der Waals surface area contributed by atoms with Gasteiger partial charge >= 0.3 is 5.97 Å². The Morgan fingerprint density at radius 3 is 2.50 bits per heavy atom. The van der Waals surface area contributed by atoms with E-state index in [1.165, 1.54) is 6.92 Å². The van der Waals surface area contributed by atoms with E-state index in [0.717, 1.165) is 16.5 Å². The third-order valence-corrected chi connectivity index (χ3v) is 3.90. The van der Waals surface area contributed by atoms with E-state index < -0.39 is 5.97 Å². The summed E-state index contributed by atoms with van der Waals surface area (Å²) in [6.07, 6.45) is 1.87. The van der Waals surface area contributed by atoms with Crippen LogP contribution >= 0.6 is 0 Å². The lowest BCUT2D eigenvalue weighted by atomic mass is 10.1. The van der Waals surface area contributed by atoms with Crippen LogP contribution in [0.1, 0.15) is 22.8 Å². The van der Waals surface area contributed by atoms with E-state index >= 15 is 0 Å². The van der Waals surface area contributed by atoms with Gasteiger partial charge in [0.2, 0.25) is 5.91 Å². The monoisotopic (exact) mass is 350 g/mol. The van der Waals surface area contributed by atoms with Crippen LogP contribution in [0.4, 0.5) is 5.69 Å². The SMILES string of the molecule is CC(=O)Nc1ccc(C(=O)COC(=O)Cc2c[nH]c3ccccc23)cc1. The number of aromatic nitrogens is 1. The number of esters is 1. The van der Waals surface area contributed by atoms with Crippen molar-refractivity contribution in [2.75, 3.05) is 11.9 Å². The first kappa shape index (κ1) is 17.4. The number of amides is 1.